The minimum atomic E-state index is 0.115. The van der Waals surface area contributed by atoms with E-state index in [4.69, 9.17) is 5.73 Å². The van der Waals surface area contributed by atoms with E-state index in [0.29, 0.717) is 0 Å². The van der Waals surface area contributed by atoms with Crippen LogP contribution in [-0.4, -0.2) is 20.6 Å². The van der Waals surface area contributed by atoms with Crippen molar-refractivity contribution in [3.63, 3.8) is 0 Å². The topological polar surface area (TPSA) is 56.2 Å². The Bertz CT molecular complexity index is 444. The molecule has 0 radical (unpaired) electrons. The van der Waals surface area contributed by atoms with Gasteiger partial charge in [0.05, 0.1) is 0 Å². The van der Waals surface area contributed by atoms with E-state index in [2.05, 4.69) is 10.2 Å². The van der Waals surface area contributed by atoms with Crippen molar-refractivity contribution in [1.82, 2.24) is 14.6 Å². The third-order valence-corrected chi connectivity index (χ3v) is 2.14. The molecule has 0 aliphatic rings. The molecule has 2 heterocycles. The molecule has 0 aliphatic carbocycles. The Labute approximate surface area is 82.8 Å². The molecule has 1 atom stereocenters. The van der Waals surface area contributed by atoms with Gasteiger partial charge in [-0.2, -0.15) is 0 Å². The van der Waals surface area contributed by atoms with Crippen molar-refractivity contribution >= 4 is 5.65 Å². The van der Waals surface area contributed by atoms with Crippen LogP contribution in [0, 0.1) is 6.92 Å². The van der Waals surface area contributed by atoms with E-state index in [1.165, 1.54) is 5.56 Å². The summed E-state index contributed by atoms with van der Waals surface area (Å²) in [7, 11) is 0. The van der Waals surface area contributed by atoms with Gasteiger partial charge in [-0.1, -0.05) is 0 Å². The Morgan fingerprint density at radius 3 is 3.00 bits per heavy atom. The highest BCUT2D eigenvalue weighted by atomic mass is 15.2. The van der Waals surface area contributed by atoms with Gasteiger partial charge in [0, 0.05) is 18.7 Å². The lowest BCUT2D eigenvalue weighted by Gasteiger charge is -2.02. The predicted molar refractivity (Wildman–Crippen MR) is 55.1 cm³/mol. The zero-order valence-corrected chi connectivity index (χ0v) is 8.44. The third-order valence-electron chi connectivity index (χ3n) is 2.14. The van der Waals surface area contributed by atoms with Gasteiger partial charge >= 0.3 is 0 Å². The Balaban J connectivity index is 2.47. The molecule has 4 heteroatoms. The maximum atomic E-state index is 5.72. The molecule has 1 unspecified atom stereocenters. The summed E-state index contributed by atoms with van der Waals surface area (Å²) >= 11 is 0. The summed E-state index contributed by atoms with van der Waals surface area (Å²) in [6, 6.07) is 4.17. The van der Waals surface area contributed by atoms with Crippen molar-refractivity contribution in [3.8, 4) is 0 Å². The van der Waals surface area contributed by atoms with Gasteiger partial charge < -0.3 is 5.73 Å². The minimum Gasteiger partial charge on any atom is -0.328 e. The molecule has 4 nitrogen and oxygen atoms in total. The predicted octanol–water partition coefficient (Wildman–Crippen LogP) is 0.927. The highest BCUT2D eigenvalue weighted by Crippen LogP contribution is 2.07. The van der Waals surface area contributed by atoms with E-state index in [9.17, 15) is 0 Å². The van der Waals surface area contributed by atoms with Gasteiger partial charge in [0.15, 0.2) is 5.65 Å². The lowest BCUT2D eigenvalue weighted by Crippen LogP contribution is -2.19. The normalized spacial score (nSPS) is 13.4. The van der Waals surface area contributed by atoms with Crippen LogP contribution in [0.4, 0.5) is 0 Å². The van der Waals surface area contributed by atoms with E-state index in [1.54, 1.807) is 0 Å². The van der Waals surface area contributed by atoms with E-state index < -0.39 is 0 Å². The van der Waals surface area contributed by atoms with Gasteiger partial charge in [-0.3, -0.25) is 4.40 Å². The van der Waals surface area contributed by atoms with Crippen LogP contribution in [0.2, 0.25) is 0 Å². The number of hydrogen-bond donors (Lipinski definition) is 1. The fourth-order valence-electron chi connectivity index (χ4n) is 1.47. The van der Waals surface area contributed by atoms with Crippen LogP contribution < -0.4 is 5.73 Å². The molecule has 0 amide bonds. The first-order valence-electron chi connectivity index (χ1n) is 4.72. The highest BCUT2D eigenvalue weighted by molar-refractivity contribution is 5.40. The molecule has 2 rings (SSSR count). The van der Waals surface area contributed by atoms with Gasteiger partial charge in [-0.25, -0.2) is 0 Å². The zero-order chi connectivity index (χ0) is 10.1. The molecule has 0 fully saturated rings. The number of fused-ring (bicyclic) bond motifs is 1. The second kappa shape index (κ2) is 3.38. The van der Waals surface area contributed by atoms with Gasteiger partial charge in [-0.15, -0.1) is 10.2 Å². The average Bonchev–Trinajstić information content (AvgIpc) is 2.47. The Hall–Kier alpha value is -1.42. The van der Waals surface area contributed by atoms with Gasteiger partial charge in [0.2, 0.25) is 0 Å². The number of pyridine rings is 1. The molecule has 0 aromatic carbocycles. The van der Waals surface area contributed by atoms with Crippen molar-refractivity contribution in [2.45, 2.75) is 26.3 Å². The summed E-state index contributed by atoms with van der Waals surface area (Å²) in [5.41, 5.74) is 7.80. The largest absolute Gasteiger partial charge is 0.328 e. The fourth-order valence-corrected chi connectivity index (χ4v) is 1.47. The summed E-state index contributed by atoms with van der Waals surface area (Å²) in [5.74, 6) is 0.926. The van der Waals surface area contributed by atoms with Gasteiger partial charge in [-0.05, 0) is 31.5 Å². The highest BCUT2D eigenvalue weighted by Gasteiger charge is 2.06. The first kappa shape index (κ1) is 9.15. The number of hydrogen-bond acceptors (Lipinski definition) is 3. The molecule has 74 valence electrons. The van der Waals surface area contributed by atoms with Crippen LogP contribution in [-0.2, 0) is 6.42 Å². The smallest absolute Gasteiger partial charge is 0.161 e. The maximum absolute atomic E-state index is 5.72. The van der Waals surface area contributed by atoms with Crippen LogP contribution in [0.3, 0.4) is 0 Å². The Kier molecular flexibility index (Phi) is 2.21. The standard InChI is InChI=1S/C10H14N4/c1-7-3-4-14-9(5-7)12-13-10(14)6-8(2)11/h3-5,8H,6,11H2,1-2H3. The Morgan fingerprint density at radius 1 is 1.50 bits per heavy atom. The molecule has 0 saturated carbocycles. The quantitative estimate of drug-likeness (QED) is 0.766. The van der Waals surface area contributed by atoms with Crippen LogP contribution in [0.5, 0.6) is 0 Å². The first-order chi connectivity index (χ1) is 6.66. The molecule has 2 aromatic rings. The molecule has 0 spiro atoms. The average molecular weight is 190 g/mol. The SMILES string of the molecule is Cc1ccn2c(CC(C)N)nnc2c1. The van der Waals surface area contributed by atoms with Crippen molar-refractivity contribution in [1.29, 1.82) is 0 Å². The molecular formula is C10H14N4. The maximum Gasteiger partial charge on any atom is 0.161 e. The van der Waals surface area contributed by atoms with Crippen LogP contribution in [0.1, 0.15) is 18.3 Å². The van der Waals surface area contributed by atoms with Gasteiger partial charge in [0.1, 0.15) is 5.82 Å². The number of nitrogens with zero attached hydrogens (tertiary/aromatic N) is 3. The number of aryl methyl sites for hydroxylation is 1. The van der Waals surface area contributed by atoms with Gasteiger partial charge in [0.25, 0.3) is 0 Å². The number of aromatic nitrogens is 3. The van der Waals surface area contributed by atoms with Crippen LogP contribution >= 0.6 is 0 Å². The van der Waals surface area contributed by atoms with Crippen LogP contribution in [0.25, 0.3) is 5.65 Å². The molecule has 14 heavy (non-hydrogen) atoms. The van der Waals surface area contributed by atoms with E-state index in [1.807, 2.05) is 36.6 Å². The lowest BCUT2D eigenvalue weighted by molar-refractivity contribution is 0.695. The van der Waals surface area contributed by atoms with Crippen molar-refractivity contribution < 1.29 is 0 Å². The summed E-state index contributed by atoms with van der Waals surface area (Å²) in [6.45, 7) is 4.01. The number of nitrogens with two attached hydrogens (primary N) is 1. The molecular weight excluding hydrogens is 176 g/mol. The second-order valence-electron chi connectivity index (χ2n) is 3.73. The molecule has 2 aromatic heterocycles. The lowest BCUT2D eigenvalue weighted by atomic mass is 10.2. The van der Waals surface area contributed by atoms with E-state index >= 15 is 0 Å². The molecule has 2 N–H and O–H groups in total. The van der Waals surface area contributed by atoms with E-state index in [-0.39, 0.29) is 6.04 Å². The summed E-state index contributed by atoms with van der Waals surface area (Å²) in [5, 5.41) is 8.20. The van der Waals surface area contributed by atoms with Crippen LogP contribution in [0.15, 0.2) is 18.3 Å². The molecule has 0 bridgehead atoms. The first-order valence-corrected chi connectivity index (χ1v) is 4.72. The summed E-state index contributed by atoms with van der Waals surface area (Å²) in [6.07, 6.45) is 2.74. The number of rotatable bonds is 2. The second-order valence-corrected chi connectivity index (χ2v) is 3.73. The molecule has 0 saturated heterocycles. The monoisotopic (exact) mass is 190 g/mol. The van der Waals surface area contributed by atoms with E-state index in [0.717, 1.165) is 17.9 Å². The zero-order valence-electron chi connectivity index (χ0n) is 8.44. The third kappa shape index (κ3) is 1.61. The molecule has 0 aliphatic heterocycles. The summed E-state index contributed by atoms with van der Waals surface area (Å²) in [4.78, 5) is 0. The Morgan fingerprint density at radius 2 is 2.29 bits per heavy atom. The fraction of sp³-hybridized carbons (Fsp3) is 0.400. The minimum absolute atomic E-state index is 0.115. The van der Waals surface area contributed by atoms with Crippen molar-refractivity contribution in [2.24, 2.45) is 5.73 Å². The van der Waals surface area contributed by atoms with Crippen molar-refractivity contribution in [3.05, 3.63) is 29.7 Å². The van der Waals surface area contributed by atoms with Crippen molar-refractivity contribution in [2.75, 3.05) is 0 Å². The summed E-state index contributed by atoms with van der Waals surface area (Å²) < 4.78 is 1.98.